The number of furan rings is 2. The molecule has 0 unspecified atom stereocenters. The molecule has 2 heterocycles. The van der Waals surface area contributed by atoms with E-state index in [0.29, 0.717) is 55.7 Å². The minimum atomic E-state index is -0.340. The van der Waals surface area contributed by atoms with E-state index in [9.17, 15) is 9.90 Å². The molecule has 4 aromatic rings. The van der Waals surface area contributed by atoms with Crippen molar-refractivity contribution < 1.29 is 23.5 Å². The molecule has 33 heavy (non-hydrogen) atoms. The highest BCUT2D eigenvalue weighted by atomic mass is 35.5. The molecule has 0 aliphatic heterocycles. The number of hydrogen-bond donors (Lipinski definition) is 2. The first-order chi connectivity index (χ1) is 16.0. The Bertz CT molecular complexity index is 1320. The molecule has 0 atom stereocenters. The SMILES string of the molecule is COc1cc(NC(=O)/C=C/c2ccc(-c3ccc(Cl)cc3Cl)o2)ccc1-c1ccc(CO)o1. The van der Waals surface area contributed by atoms with Gasteiger partial charge < -0.3 is 24.0 Å². The first-order valence-electron chi connectivity index (χ1n) is 9.89. The second-order valence-corrected chi connectivity index (χ2v) is 7.83. The molecular formula is C25H19Cl2NO5. The highest BCUT2D eigenvalue weighted by molar-refractivity contribution is 6.36. The third-order valence-electron chi connectivity index (χ3n) is 4.77. The monoisotopic (exact) mass is 483 g/mol. The zero-order valence-electron chi connectivity index (χ0n) is 17.5. The van der Waals surface area contributed by atoms with Gasteiger partial charge in [-0.1, -0.05) is 23.2 Å². The predicted molar refractivity (Wildman–Crippen MR) is 128 cm³/mol. The standard InChI is InChI=1S/C25H19Cl2NO5/c1-31-24-13-16(3-8-20(24)23-10-5-18(14-29)33-23)28-25(30)11-6-17-4-9-22(32-17)19-7-2-15(26)12-21(19)27/h2-13,29H,14H2,1H3,(H,28,30)/b11-6+. The minimum absolute atomic E-state index is 0.188. The van der Waals surface area contributed by atoms with Gasteiger partial charge in [-0.15, -0.1) is 0 Å². The number of nitrogens with one attached hydrogen (secondary N) is 1. The summed E-state index contributed by atoms with van der Waals surface area (Å²) in [4.78, 5) is 12.4. The third-order valence-corrected chi connectivity index (χ3v) is 5.32. The first-order valence-corrected chi connectivity index (χ1v) is 10.6. The largest absolute Gasteiger partial charge is 0.496 e. The molecule has 0 bridgehead atoms. The molecular weight excluding hydrogens is 465 g/mol. The molecule has 0 saturated carbocycles. The number of rotatable bonds is 7. The average Bonchev–Trinajstić information content (AvgIpc) is 3.47. The molecule has 0 saturated heterocycles. The fraction of sp³-hybridized carbons (Fsp3) is 0.0800. The Morgan fingerprint density at radius 1 is 1.00 bits per heavy atom. The smallest absolute Gasteiger partial charge is 0.248 e. The van der Waals surface area contributed by atoms with Gasteiger partial charge >= 0.3 is 0 Å². The Balaban J connectivity index is 1.45. The summed E-state index contributed by atoms with van der Waals surface area (Å²) in [5.74, 6) is 2.26. The van der Waals surface area contributed by atoms with Crippen molar-refractivity contribution in [1.29, 1.82) is 0 Å². The first kappa shape index (κ1) is 22.7. The van der Waals surface area contributed by atoms with Crippen molar-refractivity contribution in [2.24, 2.45) is 0 Å². The Kier molecular flexibility index (Phi) is 6.89. The van der Waals surface area contributed by atoms with E-state index in [1.807, 2.05) is 0 Å². The molecule has 0 radical (unpaired) electrons. The zero-order valence-corrected chi connectivity index (χ0v) is 19.0. The van der Waals surface area contributed by atoms with Gasteiger partial charge in [0.15, 0.2) is 0 Å². The number of aliphatic hydroxyl groups excluding tert-OH is 1. The molecule has 1 amide bonds. The highest BCUT2D eigenvalue weighted by Crippen LogP contribution is 2.34. The van der Waals surface area contributed by atoms with Crippen molar-refractivity contribution in [3.05, 3.63) is 88.3 Å². The van der Waals surface area contributed by atoms with Crippen LogP contribution in [0.3, 0.4) is 0 Å². The van der Waals surface area contributed by atoms with Gasteiger partial charge in [-0.3, -0.25) is 4.79 Å². The summed E-state index contributed by atoms with van der Waals surface area (Å²) >= 11 is 12.2. The highest BCUT2D eigenvalue weighted by Gasteiger charge is 2.12. The quantitative estimate of drug-likeness (QED) is 0.287. The molecule has 168 valence electrons. The Hall–Kier alpha value is -3.45. The normalized spacial score (nSPS) is 11.2. The fourth-order valence-corrected chi connectivity index (χ4v) is 3.70. The number of carbonyl (C=O) groups is 1. The summed E-state index contributed by atoms with van der Waals surface area (Å²) in [7, 11) is 1.53. The molecule has 2 aromatic carbocycles. The topological polar surface area (TPSA) is 84.8 Å². The average molecular weight is 484 g/mol. The summed E-state index contributed by atoms with van der Waals surface area (Å²) in [6, 6.07) is 17.3. The Morgan fingerprint density at radius 2 is 1.76 bits per heavy atom. The predicted octanol–water partition coefficient (Wildman–Crippen LogP) is 6.67. The molecule has 2 N–H and O–H groups in total. The summed E-state index contributed by atoms with van der Waals surface area (Å²) in [5.41, 5.74) is 1.96. The van der Waals surface area contributed by atoms with Crippen LogP contribution in [0.2, 0.25) is 10.0 Å². The molecule has 0 spiro atoms. The van der Waals surface area contributed by atoms with Crippen LogP contribution in [0.15, 0.2) is 75.6 Å². The molecule has 2 aromatic heterocycles. The number of amides is 1. The van der Waals surface area contributed by atoms with Crippen molar-refractivity contribution in [2.45, 2.75) is 6.61 Å². The van der Waals surface area contributed by atoms with Crippen LogP contribution in [-0.2, 0) is 11.4 Å². The van der Waals surface area contributed by atoms with E-state index in [2.05, 4.69) is 5.32 Å². The van der Waals surface area contributed by atoms with E-state index >= 15 is 0 Å². The van der Waals surface area contributed by atoms with Crippen molar-refractivity contribution in [2.75, 3.05) is 12.4 Å². The van der Waals surface area contributed by atoms with Crippen LogP contribution in [0.1, 0.15) is 11.5 Å². The van der Waals surface area contributed by atoms with Gasteiger partial charge in [-0.2, -0.15) is 0 Å². The maximum Gasteiger partial charge on any atom is 0.248 e. The summed E-state index contributed by atoms with van der Waals surface area (Å²) in [6.45, 7) is -0.188. The Labute approximate surface area is 200 Å². The van der Waals surface area contributed by atoms with Crippen molar-refractivity contribution in [3.63, 3.8) is 0 Å². The van der Waals surface area contributed by atoms with Crippen LogP contribution in [0.4, 0.5) is 5.69 Å². The van der Waals surface area contributed by atoms with Crippen LogP contribution in [0, 0.1) is 0 Å². The van der Waals surface area contributed by atoms with Gasteiger partial charge in [0.2, 0.25) is 5.91 Å². The lowest BCUT2D eigenvalue weighted by Gasteiger charge is -2.09. The molecule has 6 nitrogen and oxygen atoms in total. The number of anilines is 1. The lowest BCUT2D eigenvalue weighted by Crippen LogP contribution is -2.07. The van der Waals surface area contributed by atoms with Crippen molar-refractivity contribution in [3.8, 4) is 28.4 Å². The van der Waals surface area contributed by atoms with Crippen LogP contribution in [-0.4, -0.2) is 18.1 Å². The van der Waals surface area contributed by atoms with Gasteiger partial charge in [-0.25, -0.2) is 0 Å². The number of carbonyl (C=O) groups excluding carboxylic acids is 1. The number of aliphatic hydroxyl groups is 1. The van der Waals surface area contributed by atoms with E-state index in [0.717, 1.165) is 0 Å². The van der Waals surface area contributed by atoms with E-state index in [4.69, 9.17) is 36.8 Å². The molecule has 4 rings (SSSR count). The lowest BCUT2D eigenvalue weighted by atomic mass is 10.1. The minimum Gasteiger partial charge on any atom is -0.496 e. The van der Waals surface area contributed by atoms with Crippen LogP contribution < -0.4 is 10.1 Å². The third kappa shape index (κ3) is 5.31. The van der Waals surface area contributed by atoms with Crippen molar-refractivity contribution >= 4 is 40.9 Å². The van der Waals surface area contributed by atoms with Crippen LogP contribution in [0.25, 0.3) is 28.7 Å². The van der Waals surface area contributed by atoms with Crippen LogP contribution in [0.5, 0.6) is 5.75 Å². The lowest BCUT2D eigenvalue weighted by molar-refractivity contribution is -0.111. The van der Waals surface area contributed by atoms with Crippen LogP contribution >= 0.6 is 23.2 Å². The fourth-order valence-electron chi connectivity index (χ4n) is 3.20. The number of halogens is 2. The van der Waals surface area contributed by atoms with Crippen molar-refractivity contribution in [1.82, 2.24) is 0 Å². The Morgan fingerprint density at radius 3 is 2.48 bits per heavy atom. The maximum atomic E-state index is 12.4. The van der Waals surface area contributed by atoms with Gasteiger partial charge in [0.1, 0.15) is 35.4 Å². The summed E-state index contributed by atoms with van der Waals surface area (Å²) in [5, 5.41) is 13.0. The van der Waals surface area contributed by atoms with E-state index in [-0.39, 0.29) is 12.5 Å². The van der Waals surface area contributed by atoms with E-state index < -0.39 is 0 Å². The number of benzene rings is 2. The molecule has 0 aliphatic carbocycles. The van der Waals surface area contributed by atoms with E-state index in [1.165, 1.54) is 13.2 Å². The maximum absolute atomic E-state index is 12.4. The van der Waals surface area contributed by atoms with Gasteiger partial charge in [-0.05, 0) is 60.7 Å². The molecule has 8 heteroatoms. The van der Waals surface area contributed by atoms with E-state index in [1.54, 1.807) is 66.7 Å². The molecule has 0 fully saturated rings. The van der Waals surface area contributed by atoms with Gasteiger partial charge in [0.05, 0.1) is 17.7 Å². The number of hydrogen-bond acceptors (Lipinski definition) is 5. The second kappa shape index (κ2) is 10.0. The molecule has 0 aliphatic rings. The number of methoxy groups -OCH3 is 1. The second-order valence-electron chi connectivity index (χ2n) is 6.99. The zero-order chi connectivity index (χ0) is 23.4. The summed E-state index contributed by atoms with van der Waals surface area (Å²) in [6.07, 6.45) is 2.93. The van der Waals surface area contributed by atoms with Gasteiger partial charge in [0.25, 0.3) is 0 Å². The summed E-state index contributed by atoms with van der Waals surface area (Å²) < 4.78 is 16.8. The van der Waals surface area contributed by atoms with Gasteiger partial charge in [0, 0.05) is 28.4 Å². The number of ether oxygens (including phenoxy) is 1.